The normalized spacial score (nSPS) is 14.5. The fourth-order valence-corrected chi connectivity index (χ4v) is 3.75. The minimum atomic E-state index is -0.480. The molecule has 1 saturated heterocycles. The summed E-state index contributed by atoms with van der Waals surface area (Å²) in [5, 5.41) is 13.5. The Balaban J connectivity index is 1.49. The van der Waals surface area contributed by atoms with Gasteiger partial charge in [-0.2, -0.15) is 11.8 Å². The largest absolute Gasteiger partial charge is 0.484 e. The summed E-state index contributed by atoms with van der Waals surface area (Å²) in [6, 6.07) is 13.5. The van der Waals surface area contributed by atoms with Gasteiger partial charge >= 0.3 is 0 Å². The predicted octanol–water partition coefficient (Wildman–Crippen LogP) is 3.16. The van der Waals surface area contributed by atoms with E-state index in [1.807, 2.05) is 30.0 Å². The number of nitro groups is 1. The molecule has 7 nitrogen and oxygen atoms in total. The summed E-state index contributed by atoms with van der Waals surface area (Å²) in [5.74, 6) is 2.46. The number of nitrogens with zero attached hydrogens (tertiary/aromatic N) is 2. The molecular weight excluding hydrogens is 366 g/mol. The third kappa shape index (κ3) is 5.97. The summed E-state index contributed by atoms with van der Waals surface area (Å²) in [4.78, 5) is 24.7. The van der Waals surface area contributed by atoms with Crippen molar-refractivity contribution in [2.75, 3.05) is 36.5 Å². The number of thioether (sulfide) groups is 1. The van der Waals surface area contributed by atoms with Crippen LogP contribution in [-0.2, 0) is 11.3 Å². The minimum Gasteiger partial charge on any atom is -0.484 e. The van der Waals surface area contributed by atoms with Crippen molar-refractivity contribution in [1.29, 1.82) is 0 Å². The molecule has 0 unspecified atom stereocenters. The van der Waals surface area contributed by atoms with Gasteiger partial charge in [0.25, 0.3) is 11.6 Å². The van der Waals surface area contributed by atoms with Crippen LogP contribution >= 0.6 is 11.8 Å². The van der Waals surface area contributed by atoms with Crippen LogP contribution in [0.15, 0.2) is 48.5 Å². The van der Waals surface area contributed by atoms with Crippen LogP contribution in [0.2, 0.25) is 0 Å². The van der Waals surface area contributed by atoms with Crippen molar-refractivity contribution in [2.45, 2.75) is 6.54 Å². The van der Waals surface area contributed by atoms with Crippen molar-refractivity contribution in [3.05, 3.63) is 64.2 Å². The van der Waals surface area contributed by atoms with E-state index in [9.17, 15) is 14.9 Å². The molecule has 0 aromatic heterocycles. The highest BCUT2D eigenvalue weighted by molar-refractivity contribution is 7.99. The zero-order valence-electron chi connectivity index (χ0n) is 14.8. The monoisotopic (exact) mass is 387 g/mol. The maximum absolute atomic E-state index is 12.1. The molecule has 1 aliphatic rings. The van der Waals surface area contributed by atoms with Gasteiger partial charge in [0, 0.05) is 49.0 Å². The lowest BCUT2D eigenvalue weighted by molar-refractivity contribution is -0.384. The van der Waals surface area contributed by atoms with Gasteiger partial charge in [0.2, 0.25) is 0 Å². The van der Waals surface area contributed by atoms with E-state index >= 15 is 0 Å². The number of carbonyl (C=O) groups excluding carboxylic acids is 1. The number of nitrogens with one attached hydrogen (secondary N) is 1. The highest BCUT2D eigenvalue weighted by Gasteiger charge is 2.11. The predicted molar refractivity (Wildman–Crippen MR) is 106 cm³/mol. The minimum absolute atomic E-state index is 0.0177. The van der Waals surface area contributed by atoms with Crippen LogP contribution in [0.4, 0.5) is 11.4 Å². The fourth-order valence-electron chi connectivity index (χ4n) is 2.77. The Kier molecular flexibility index (Phi) is 6.67. The van der Waals surface area contributed by atoms with Crippen molar-refractivity contribution >= 4 is 29.0 Å². The zero-order valence-corrected chi connectivity index (χ0v) is 15.6. The van der Waals surface area contributed by atoms with E-state index in [4.69, 9.17) is 4.74 Å². The molecule has 0 bridgehead atoms. The molecule has 8 heteroatoms. The third-order valence-electron chi connectivity index (χ3n) is 4.14. The molecule has 2 aromatic rings. The molecule has 0 radical (unpaired) electrons. The number of amides is 1. The second-order valence-electron chi connectivity index (χ2n) is 6.18. The molecule has 0 spiro atoms. The molecule has 142 valence electrons. The first kappa shape index (κ1) is 19.2. The topological polar surface area (TPSA) is 84.7 Å². The standard InChI is InChI=1S/C19H21N3O4S/c23-19(14-26-18-6-4-17(5-7-18)22(24)25)20-16-3-1-2-15(12-16)13-21-8-10-27-11-9-21/h1-7,12H,8-11,13-14H2,(H,20,23). The summed E-state index contributed by atoms with van der Waals surface area (Å²) in [6.45, 7) is 2.89. The number of rotatable bonds is 7. The van der Waals surface area contributed by atoms with Gasteiger partial charge in [-0.25, -0.2) is 0 Å². The van der Waals surface area contributed by atoms with Gasteiger partial charge in [-0.15, -0.1) is 0 Å². The Bertz CT molecular complexity index is 792. The molecule has 27 heavy (non-hydrogen) atoms. The summed E-state index contributed by atoms with van der Waals surface area (Å²) < 4.78 is 5.38. The molecule has 0 saturated carbocycles. The molecule has 1 amide bonds. The van der Waals surface area contributed by atoms with E-state index in [-0.39, 0.29) is 18.2 Å². The molecule has 2 aromatic carbocycles. The van der Waals surface area contributed by atoms with Crippen molar-refractivity contribution in [1.82, 2.24) is 4.90 Å². The van der Waals surface area contributed by atoms with Crippen molar-refractivity contribution in [3.63, 3.8) is 0 Å². The number of nitro benzene ring substituents is 1. The molecule has 0 atom stereocenters. The molecule has 1 heterocycles. The molecule has 1 aliphatic heterocycles. The van der Waals surface area contributed by atoms with Crippen LogP contribution in [0.3, 0.4) is 0 Å². The van der Waals surface area contributed by atoms with Crippen LogP contribution in [-0.4, -0.2) is 46.9 Å². The van der Waals surface area contributed by atoms with E-state index in [1.54, 1.807) is 0 Å². The number of anilines is 1. The van der Waals surface area contributed by atoms with E-state index in [2.05, 4.69) is 16.3 Å². The Labute approximate surface area is 161 Å². The molecular formula is C19H21N3O4S. The highest BCUT2D eigenvalue weighted by atomic mass is 32.2. The van der Waals surface area contributed by atoms with Gasteiger partial charge in [0.05, 0.1) is 4.92 Å². The first-order valence-electron chi connectivity index (χ1n) is 8.66. The zero-order chi connectivity index (χ0) is 19.1. The van der Waals surface area contributed by atoms with E-state index in [1.165, 1.54) is 24.3 Å². The third-order valence-corrected chi connectivity index (χ3v) is 5.08. The van der Waals surface area contributed by atoms with Crippen LogP contribution in [0.1, 0.15) is 5.56 Å². The Morgan fingerprint density at radius 1 is 1.19 bits per heavy atom. The Morgan fingerprint density at radius 2 is 1.93 bits per heavy atom. The van der Waals surface area contributed by atoms with Gasteiger partial charge in [-0.3, -0.25) is 19.8 Å². The van der Waals surface area contributed by atoms with Crippen LogP contribution < -0.4 is 10.1 Å². The lowest BCUT2D eigenvalue weighted by atomic mass is 10.2. The Hall–Kier alpha value is -2.58. The van der Waals surface area contributed by atoms with E-state index in [0.29, 0.717) is 5.75 Å². The van der Waals surface area contributed by atoms with Gasteiger partial charge in [-0.1, -0.05) is 12.1 Å². The second-order valence-corrected chi connectivity index (χ2v) is 7.40. The number of hydrogen-bond donors (Lipinski definition) is 1. The van der Waals surface area contributed by atoms with Crippen LogP contribution in [0.25, 0.3) is 0 Å². The first-order chi connectivity index (χ1) is 13.1. The smallest absolute Gasteiger partial charge is 0.269 e. The number of benzene rings is 2. The summed E-state index contributed by atoms with van der Waals surface area (Å²) in [7, 11) is 0. The van der Waals surface area contributed by atoms with E-state index in [0.717, 1.165) is 42.4 Å². The first-order valence-corrected chi connectivity index (χ1v) is 9.82. The van der Waals surface area contributed by atoms with E-state index < -0.39 is 4.92 Å². The van der Waals surface area contributed by atoms with Crippen LogP contribution in [0, 0.1) is 10.1 Å². The molecule has 3 rings (SSSR count). The average molecular weight is 387 g/mol. The van der Waals surface area contributed by atoms with Crippen LogP contribution in [0.5, 0.6) is 5.75 Å². The van der Waals surface area contributed by atoms with Crippen molar-refractivity contribution in [2.24, 2.45) is 0 Å². The molecule has 1 fully saturated rings. The van der Waals surface area contributed by atoms with Crippen molar-refractivity contribution < 1.29 is 14.5 Å². The maximum atomic E-state index is 12.1. The summed E-state index contributed by atoms with van der Waals surface area (Å²) in [5.41, 5.74) is 1.88. The number of non-ortho nitro benzene ring substituents is 1. The van der Waals surface area contributed by atoms with Crippen molar-refractivity contribution in [3.8, 4) is 5.75 Å². The lowest BCUT2D eigenvalue weighted by Crippen LogP contribution is -2.32. The van der Waals surface area contributed by atoms with Gasteiger partial charge < -0.3 is 10.1 Å². The highest BCUT2D eigenvalue weighted by Crippen LogP contribution is 2.18. The second kappa shape index (κ2) is 9.38. The molecule has 1 N–H and O–H groups in total. The van der Waals surface area contributed by atoms with Gasteiger partial charge in [0.15, 0.2) is 6.61 Å². The lowest BCUT2D eigenvalue weighted by Gasteiger charge is -2.26. The Morgan fingerprint density at radius 3 is 2.63 bits per heavy atom. The SMILES string of the molecule is O=C(COc1ccc([N+](=O)[O-])cc1)Nc1cccc(CN2CCSCC2)c1. The summed E-state index contributed by atoms with van der Waals surface area (Å²) in [6.07, 6.45) is 0. The number of ether oxygens (including phenoxy) is 1. The average Bonchev–Trinajstić information content (AvgIpc) is 2.68. The maximum Gasteiger partial charge on any atom is 0.269 e. The fraction of sp³-hybridized carbons (Fsp3) is 0.316. The van der Waals surface area contributed by atoms with Gasteiger partial charge in [0.1, 0.15) is 5.75 Å². The number of hydrogen-bond acceptors (Lipinski definition) is 6. The molecule has 0 aliphatic carbocycles. The number of carbonyl (C=O) groups is 1. The summed E-state index contributed by atoms with van der Waals surface area (Å²) >= 11 is 1.98. The van der Waals surface area contributed by atoms with Gasteiger partial charge in [-0.05, 0) is 29.8 Å². The quantitative estimate of drug-likeness (QED) is 0.580.